The van der Waals surface area contributed by atoms with Gasteiger partial charge in [-0.1, -0.05) is 12.1 Å². The Morgan fingerprint density at radius 1 is 1.09 bits per heavy atom. The fourth-order valence-corrected chi connectivity index (χ4v) is 2.31. The average Bonchev–Trinajstić information content (AvgIpc) is 3.34. The molecule has 2 rings (SSSR count). The molecule has 1 aliphatic carbocycles. The second-order valence-corrected chi connectivity index (χ2v) is 5.44. The van der Waals surface area contributed by atoms with Gasteiger partial charge in [0, 0.05) is 0 Å². The predicted molar refractivity (Wildman–Crippen MR) is 82.3 cm³/mol. The summed E-state index contributed by atoms with van der Waals surface area (Å²) in [4.78, 5) is 34.3. The maximum atomic E-state index is 12.0. The van der Waals surface area contributed by atoms with Crippen LogP contribution < -0.4 is 26.8 Å². The van der Waals surface area contributed by atoms with E-state index in [0.29, 0.717) is 5.92 Å². The molecule has 1 aromatic carbocycles. The van der Waals surface area contributed by atoms with Crippen molar-refractivity contribution in [3.05, 3.63) is 29.8 Å². The Kier molecular flexibility index (Phi) is 5.05. The Morgan fingerprint density at radius 3 is 2.09 bits per heavy atom. The van der Waals surface area contributed by atoms with Gasteiger partial charge in [-0.2, -0.15) is 0 Å². The lowest BCUT2D eigenvalue weighted by atomic mass is 10.0. The number of methoxy groups -OCH3 is 1. The second-order valence-electron chi connectivity index (χ2n) is 5.44. The van der Waals surface area contributed by atoms with Gasteiger partial charge in [-0.05, 0) is 36.5 Å². The van der Waals surface area contributed by atoms with Gasteiger partial charge in [0.2, 0.25) is 11.8 Å². The fourth-order valence-electron chi connectivity index (χ4n) is 2.31. The molecule has 0 aromatic heterocycles. The molecule has 6 N–H and O–H groups in total. The van der Waals surface area contributed by atoms with E-state index in [9.17, 15) is 14.4 Å². The van der Waals surface area contributed by atoms with Crippen LogP contribution in [0.1, 0.15) is 24.4 Å². The van der Waals surface area contributed by atoms with Crippen molar-refractivity contribution in [3.8, 4) is 5.75 Å². The Labute approximate surface area is 133 Å². The van der Waals surface area contributed by atoms with Crippen molar-refractivity contribution in [1.82, 2.24) is 10.6 Å². The molecule has 0 aliphatic heterocycles. The molecule has 1 aromatic rings. The number of amides is 4. The largest absolute Gasteiger partial charge is 0.497 e. The molecular weight excluding hydrogens is 300 g/mol. The summed E-state index contributed by atoms with van der Waals surface area (Å²) in [6, 6.07) is 4.91. The van der Waals surface area contributed by atoms with Gasteiger partial charge >= 0.3 is 6.03 Å². The number of carbonyl (C=O) groups is 3. The number of rotatable bonds is 7. The Bertz CT molecular complexity index is 584. The lowest BCUT2D eigenvalue weighted by Gasteiger charge is -2.21. The first kappa shape index (κ1) is 16.6. The minimum absolute atomic E-state index is 0.220. The summed E-state index contributed by atoms with van der Waals surface area (Å²) >= 11 is 0. The number of hydrogen-bond acceptors (Lipinski definition) is 4. The molecule has 0 radical (unpaired) electrons. The molecule has 124 valence electrons. The molecular formula is C15H20N4O4. The normalized spacial score (nSPS) is 14.9. The van der Waals surface area contributed by atoms with E-state index < -0.39 is 23.9 Å². The lowest BCUT2D eigenvalue weighted by Crippen LogP contribution is -2.55. The van der Waals surface area contributed by atoms with Crippen molar-refractivity contribution in [2.75, 3.05) is 7.11 Å². The first-order valence-corrected chi connectivity index (χ1v) is 7.22. The SMILES string of the molecule is COc1ccc([C@@H](NC(=O)NC(C(N)=O)C(N)=O)C2CC2)cc1. The number of hydrogen-bond donors (Lipinski definition) is 4. The molecule has 23 heavy (non-hydrogen) atoms. The summed E-state index contributed by atoms with van der Waals surface area (Å²) in [5.74, 6) is -0.967. The smallest absolute Gasteiger partial charge is 0.316 e. The van der Waals surface area contributed by atoms with E-state index in [2.05, 4.69) is 10.6 Å². The molecule has 8 heteroatoms. The molecule has 1 saturated carbocycles. The number of primary amides is 2. The highest BCUT2D eigenvalue weighted by Crippen LogP contribution is 2.41. The third-order valence-electron chi connectivity index (χ3n) is 3.70. The summed E-state index contributed by atoms with van der Waals surface area (Å²) < 4.78 is 5.11. The molecule has 0 spiro atoms. The molecule has 0 bridgehead atoms. The van der Waals surface area contributed by atoms with E-state index in [1.54, 1.807) is 19.2 Å². The van der Waals surface area contributed by atoms with E-state index in [1.807, 2.05) is 12.1 Å². The van der Waals surface area contributed by atoms with Gasteiger partial charge in [0.25, 0.3) is 0 Å². The van der Waals surface area contributed by atoms with Gasteiger partial charge in [-0.15, -0.1) is 0 Å². The van der Waals surface area contributed by atoms with Crippen LogP contribution >= 0.6 is 0 Å². The summed E-state index contributed by atoms with van der Waals surface area (Å²) in [6.45, 7) is 0. The highest BCUT2D eigenvalue weighted by Gasteiger charge is 2.34. The molecule has 1 aliphatic rings. The number of nitrogens with one attached hydrogen (secondary N) is 2. The van der Waals surface area contributed by atoms with Crippen LogP contribution in [-0.2, 0) is 9.59 Å². The monoisotopic (exact) mass is 320 g/mol. The van der Waals surface area contributed by atoms with Crippen LogP contribution in [-0.4, -0.2) is 31.0 Å². The van der Waals surface area contributed by atoms with Gasteiger partial charge in [0.05, 0.1) is 13.2 Å². The zero-order chi connectivity index (χ0) is 17.0. The first-order valence-electron chi connectivity index (χ1n) is 7.22. The molecule has 4 amide bonds. The molecule has 0 unspecified atom stereocenters. The van der Waals surface area contributed by atoms with E-state index in [-0.39, 0.29) is 6.04 Å². The third kappa shape index (κ3) is 4.35. The summed E-state index contributed by atoms with van der Waals surface area (Å²) in [6.07, 6.45) is 1.98. The topological polar surface area (TPSA) is 137 Å². The van der Waals surface area contributed by atoms with Gasteiger partial charge in [-0.3, -0.25) is 9.59 Å². The van der Waals surface area contributed by atoms with Gasteiger partial charge in [0.15, 0.2) is 6.04 Å². The number of urea groups is 1. The van der Waals surface area contributed by atoms with Gasteiger partial charge in [0.1, 0.15) is 5.75 Å². The van der Waals surface area contributed by atoms with E-state index in [1.165, 1.54) is 0 Å². The Hall–Kier alpha value is -2.77. The molecule has 0 heterocycles. The summed E-state index contributed by atoms with van der Waals surface area (Å²) in [5.41, 5.74) is 11.0. The van der Waals surface area contributed by atoms with Gasteiger partial charge in [-0.25, -0.2) is 4.79 Å². The molecule has 1 atom stereocenters. The maximum absolute atomic E-state index is 12.0. The van der Waals surface area contributed by atoms with E-state index in [4.69, 9.17) is 16.2 Å². The standard InChI is InChI=1S/C15H20N4O4/c1-23-10-6-4-9(5-7-10)11(8-2-3-8)18-15(22)19-12(13(16)20)14(17)21/h4-8,11-12H,2-3H2,1H3,(H2,16,20)(H2,17,21)(H2,18,19,22)/t11-/m0/s1. The van der Waals surface area contributed by atoms with Crippen LogP contribution in [0.2, 0.25) is 0 Å². The summed E-state index contributed by atoms with van der Waals surface area (Å²) in [5, 5.41) is 4.96. The lowest BCUT2D eigenvalue weighted by molar-refractivity contribution is -0.128. The first-order chi connectivity index (χ1) is 10.9. The van der Waals surface area contributed by atoms with E-state index >= 15 is 0 Å². The highest BCUT2D eigenvalue weighted by atomic mass is 16.5. The van der Waals surface area contributed by atoms with Crippen LogP contribution in [0, 0.1) is 5.92 Å². The van der Waals surface area contributed by atoms with Crippen LogP contribution in [0.5, 0.6) is 5.75 Å². The molecule has 8 nitrogen and oxygen atoms in total. The average molecular weight is 320 g/mol. The zero-order valence-electron chi connectivity index (χ0n) is 12.7. The molecule has 0 saturated heterocycles. The number of carbonyl (C=O) groups excluding carboxylic acids is 3. The third-order valence-corrected chi connectivity index (χ3v) is 3.70. The number of ether oxygens (including phenoxy) is 1. The van der Waals surface area contributed by atoms with Crippen molar-refractivity contribution in [2.45, 2.75) is 24.9 Å². The molecule has 1 fully saturated rings. The minimum atomic E-state index is -1.54. The van der Waals surface area contributed by atoms with Crippen LogP contribution in [0.3, 0.4) is 0 Å². The highest BCUT2D eigenvalue weighted by molar-refractivity contribution is 6.05. The minimum Gasteiger partial charge on any atom is -0.497 e. The maximum Gasteiger partial charge on any atom is 0.316 e. The van der Waals surface area contributed by atoms with Crippen molar-refractivity contribution in [2.24, 2.45) is 17.4 Å². The van der Waals surface area contributed by atoms with Crippen molar-refractivity contribution in [3.63, 3.8) is 0 Å². The van der Waals surface area contributed by atoms with Crippen molar-refractivity contribution < 1.29 is 19.1 Å². The Balaban J connectivity index is 2.05. The second kappa shape index (κ2) is 6.99. The van der Waals surface area contributed by atoms with Gasteiger partial charge < -0.3 is 26.8 Å². The van der Waals surface area contributed by atoms with Crippen molar-refractivity contribution in [1.29, 1.82) is 0 Å². The van der Waals surface area contributed by atoms with Crippen molar-refractivity contribution >= 4 is 17.8 Å². The Morgan fingerprint density at radius 2 is 1.65 bits per heavy atom. The number of nitrogens with two attached hydrogens (primary N) is 2. The van der Waals surface area contributed by atoms with Crippen LogP contribution in [0.25, 0.3) is 0 Å². The van der Waals surface area contributed by atoms with Crippen LogP contribution in [0.4, 0.5) is 4.79 Å². The summed E-state index contributed by atoms with van der Waals surface area (Å²) in [7, 11) is 1.58. The predicted octanol–water partition coefficient (Wildman–Crippen LogP) is -0.215. The van der Waals surface area contributed by atoms with E-state index in [0.717, 1.165) is 24.2 Å². The quantitative estimate of drug-likeness (QED) is 0.516. The zero-order valence-corrected chi connectivity index (χ0v) is 12.7. The number of benzene rings is 1. The van der Waals surface area contributed by atoms with Crippen LogP contribution in [0.15, 0.2) is 24.3 Å². The fraction of sp³-hybridized carbons (Fsp3) is 0.400.